The lowest BCUT2D eigenvalue weighted by atomic mass is 10.1. The Balaban J connectivity index is 0.00000264. The van der Waals surface area contributed by atoms with E-state index in [0.717, 1.165) is 49.0 Å². The molecule has 23 heavy (non-hydrogen) atoms. The largest absolute Gasteiger partial charge is 0.393 e. The summed E-state index contributed by atoms with van der Waals surface area (Å²) in [5.74, 6) is 1.17. The van der Waals surface area contributed by atoms with Gasteiger partial charge in [-0.2, -0.15) is 0 Å². The Morgan fingerprint density at radius 2 is 2.26 bits per heavy atom. The molecular formula is C16H28ClIN4O. The van der Waals surface area contributed by atoms with E-state index in [0.29, 0.717) is 12.5 Å². The van der Waals surface area contributed by atoms with E-state index in [1.165, 1.54) is 0 Å². The number of guanidine groups is 1. The van der Waals surface area contributed by atoms with E-state index in [1.54, 1.807) is 0 Å². The number of aromatic nitrogens is 1. The first-order valence-corrected chi connectivity index (χ1v) is 8.37. The number of rotatable bonds is 5. The summed E-state index contributed by atoms with van der Waals surface area (Å²) in [6.45, 7) is 4.31. The molecule has 0 spiro atoms. The van der Waals surface area contributed by atoms with Crippen molar-refractivity contribution >= 4 is 41.5 Å². The van der Waals surface area contributed by atoms with Gasteiger partial charge in [-0.15, -0.1) is 24.0 Å². The molecule has 132 valence electrons. The molecule has 0 aliphatic heterocycles. The summed E-state index contributed by atoms with van der Waals surface area (Å²) in [7, 11) is 4.02. The summed E-state index contributed by atoms with van der Waals surface area (Å²) in [6, 6.07) is 1.97. The van der Waals surface area contributed by atoms with Gasteiger partial charge in [0.15, 0.2) is 5.96 Å². The molecular weight excluding hydrogens is 427 g/mol. The molecule has 0 amide bonds. The highest BCUT2D eigenvalue weighted by atomic mass is 127. The monoisotopic (exact) mass is 454 g/mol. The van der Waals surface area contributed by atoms with Gasteiger partial charge in [0.1, 0.15) is 0 Å². The first-order chi connectivity index (χ1) is 10.5. The van der Waals surface area contributed by atoms with E-state index in [2.05, 4.69) is 17.1 Å². The second-order valence-electron chi connectivity index (χ2n) is 6.07. The van der Waals surface area contributed by atoms with Crippen LogP contribution >= 0.6 is 35.6 Å². The van der Waals surface area contributed by atoms with Crippen molar-refractivity contribution in [3.05, 3.63) is 23.0 Å². The van der Waals surface area contributed by atoms with Gasteiger partial charge in [-0.25, -0.2) is 0 Å². The zero-order valence-corrected chi connectivity index (χ0v) is 17.2. The van der Waals surface area contributed by atoms with Gasteiger partial charge in [0.2, 0.25) is 0 Å². The second kappa shape index (κ2) is 9.74. The van der Waals surface area contributed by atoms with Crippen LogP contribution in [-0.4, -0.2) is 46.8 Å². The topological polar surface area (TPSA) is 52.8 Å². The van der Waals surface area contributed by atoms with Gasteiger partial charge in [0, 0.05) is 45.0 Å². The number of aliphatic hydroxyl groups excluding tert-OH is 1. The number of nitrogens with one attached hydrogen (secondary N) is 1. The highest BCUT2D eigenvalue weighted by molar-refractivity contribution is 14.0. The molecule has 0 radical (unpaired) electrons. The Morgan fingerprint density at radius 3 is 2.78 bits per heavy atom. The van der Waals surface area contributed by atoms with Crippen LogP contribution in [0.4, 0.5) is 0 Å². The highest BCUT2D eigenvalue weighted by Gasteiger charge is 2.25. The minimum atomic E-state index is -0.191. The van der Waals surface area contributed by atoms with E-state index in [4.69, 9.17) is 16.6 Å². The fourth-order valence-corrected chi connectivity index (χ4v) is 3.22. The first kappa shape index (κ1) is 20.6. The van der Waals surface area contributed by atoms with Crippen LogP contribution in [0.25, 0.3) is 0 Å². The lowest BCUT2D eigenvalue weighted by Crippen LogP contribution is -2.39. The molecule has 1 heterocycles. The predicted octanol–water partition coefficient (Wildman–Crippen LogP) is 2.85. The molecule has 1 fully saturated rings. The molecule has 7 heteroatoms. The van der Waals surface area contributed by atoms with E-state index >= 15 is 0 Å². The molecule has 1 aliphatic rings. The van der Waals surface area contributed by atoms with Gasteiger partial charge in [-0.3, -0.25) is 4.99 Å². The molecule has 2 unspecified atom stereocenters. The Hall–Kier alpha value is -0.470. The van der Waals surface area contributed by atoms with Crippen LogP contribution in [0.5, 0.6) is 0 Å². The predicted molar refractivity (Wildman–Crippen MR) is 107 cm³/mol. The van der Waals surface area contributed by atoms with Crippen molar-refractivity contribution in [2.24, 2.45) is 18.0 Å². The van der Waals surface area contributed by atoms with Crippen molar-refractivity contribution in [2.75, 3.05) is 20.1 Å². The molecule has 2 rings (SSSR count). The van der Waals surface area contributed by atoms with Crippen LogP contribution in [0.3, 0.4) is 0 Å². The number of hydrogen-bond acceptors (Lipinski definition) is 2. The summed E-state index contributed by atoms with van der Waals surface area (Å²) < 4.78 is 2.03. The standard InChI is InChI=1S/C16H27ClN4O.HI/c1-4-18-16(19-9-12-6-5-7-15(12)22)21(3)11-14-8-13(17)10-20(14)2;/h8,10,12,15,22H,4-7,9,11H2,1-3H3,(H,18,19);1H. The zero-order chi connectivity index (χ0) is 16.1. The molecule has 0 aromatic carbocycles. The van der Waals surface area contributed by atoms with Crippen molar-refractivity contribution in [3.63, 3.8) is 0 Å². The zero-order valence-electron chi connectivity index (χ0n) is 14.1. The molecule has 0 saturated heterocycles. The Bertz CT molecular complexity index is 520. The normalized spacial score (nSPS) is 21.2. The van der Waals surface area contributed by atoms with Crippen molar-refractivity contribution in [2.45, 2.75) is 38.8 Å². The van der Waals surface area contributed by atoms with Crippen LogP contribution in [-0.2, 0) is 13.6 Å². The second-order valence-corrected chi connectivity index (χ2v) is 6.51. The molecule has 1 aromatic rings. The average molecular weight is 455 g/mol. The van der Waals surface area contributed by atoms with E-state index in [1.807, 2.05) is 30.9 Å². The lowest BCUT2D eigenvalue weighted by molar-refractivity contribution is 0.136. The summed E-state index contributed by atoms with van der Waals surface area (Å²) in [5, 5.41) is 14.0. The minimum absolute atomic E-state index is 0. The molecule has 2 N–H and O–H groups in total. The third-order valence-electron chi connectivity index (χ3n) is 4.26. The molecule has 1 aromatic heterocycles. The van der Waals surface area contributed by atoms with Crippen molar-refractivity contribution in [1.29, 1.82) is 0 Å². The molecule has 2 atom stereocenters. The minimum Gasteiger partial charge on any atom is -0.393 e. The van der Waals surface area contributed by atoms with E-state index < -0.39 is 0 Å². The molecule has 0 bridgehead atoms. The van der Waals surface area contributed by atoms with E-state index in [9.17, 15) is 5.11 Å². The summed E-state index contributed by atoms with van der Waals surface area (Å²) in [4.78, 5) is 6.80. The van der Waals surface area contributed by atoms with Gasteiger partial charge < -0.3 is 19.9 Å². The number of halogens is 2. The highest BCUT2D eigenvalue weighted by Crippen LogP contribution is 2.25. The lowest BCUT2D eigenvalue weighted by Gasteiger charge is -2.23. The summed E-state index contributed by atoms with van der Waals surface area (Å²) in [6.07, 6.45) is 4.80. The fraction of sp³-hybridized carbons (Fsp3) is 0.688. The van der Waals surface area contributed by atoms with Gasteiger partial charge in [0.25, 0.3) is 0 Å². The van der Waals surface area contributed by atoms with Gasteiger partial charge in [-0.1, -0.05) is 18.0 Å². The smallest absolute Gasteiger partial charge is 0.194 e. The Kier molecular flexibility index (Phi) is 8.71. The van der Waals surface area contributed by atoms with Gasteiger partial charge in [0.05, 0.1) is 17.7 Å². The first-order valence-electron chi connectivity index (χ1n) is 7.99. The van der Waals surface area contributed by atoms with Crippen molar-refractivity contribution < 1.29 is 5.11 Å². The maximum atomic E-state index is 9.92. The average Bonchev–Trinajstić information content (AvgIpc) is 3.00. The summed E-state index contributed by atoms with van der Waals surface area (Å²) in [5.41, 5.74) is 1.14. The van der Waals surface area contributed by atoms with Crippen LogP contribution in [0, 0.1) is 5.92 Å². The molecule has 5 nitrogen and oxygen atoms in total. The summed E-state index contributed by atoms with van der Waals surface area (Å²) >= 11 is 6.04. The quantitative estimate of drug-likeness (QED) is 0.409. The van der Waals surface area contributed by atoms with Gasteiger partial charge >= 0.3 is 0 Å². The third kappa shape index (κ3) is 5.83. The number of aryl methyl sites for hydroxylation is 1. The maximum absolute atomic E-state index is 9.92. The number of nitrogens with zero attached hydrogens (tertiary/aromatic N) is 3. The van der Waals surface area contributed by atoms with E-state index in [-0.39, 0.29) is 30.1 Å². The SMILES string of the molecule is CCNC(=NCC1CCCC1O)N(C)Cc1cc(Cl)cn1C.I. The third-order valence-corrected chi connectivity index (χ3v) is 4.47. The Morgan fingerprint density at radius 1 is 1.52 bits per heavy atom. The Labute approximate surface area is 161 Å². The van der Waals surface area contributed by atoms with Gasteiger partial charge in [-0.05, 0) is 25.8 Å². The fourth-order valence-electron chi connectivity index (χ4n) is 2.94. The molecule has 1 aliphatic carbocycles. The van der Waals surface area contributed by atoms with Crippen molar-refractivity contribution in [3.8, 4) is 0 Å². The number of aliphatic imine (C=N–C) groups is 1. The molecule has 1 saturated carbocycles. The van der Waals surface area contributed by atoms with Crippen LogP contribution < -0.4 is 5.32 Å². The van der Waals surface area contributed by atoms with Crippen LogP contribution in [0.2, 0.25) is 5.02 Å². The number of aliphatic hydroxyl groups is 1. The number of hydrogen-bond donors (Lipinski definition) is 2. The maximum Gasteiger partial charge on any atom is 0.194 e. The van der Waals surface area contributed by atoms with Crippen LogP contribution in [0.1, 0.15) is 31.9 Å². The van der Waals surface area contributed by atoms with Crippen LogP contribution in [0.15, 0.2) is 17.3 Å². The van der Waals surface area contributed by atoms with Crippen molar-refractivity contribution in [1.82, 2.24) is 14.8 Å².